The Balaban J connectivity index is 1.25. The first-order valence-corrected chi connectivity index (χ1v) is 10.1. The van der Waals surface area contributed by atoms with E-state index in [1.807, 2.05) is 47.4 Å². The number of benzene rings is 2. The van der Waals surface area contributed by atoms with Gasteiger partial charge in [0.25, 0.3) is 10.9 Å². The number of rotatable bonds is 5. The van der Waals surface area contributed by atoms with Gasteiger partial charge in [-0.15, -0.1) is 0 Å². The first kappa shape index (κ1) is 19.0. The van der Waals surface area contributed by atoms with E-state index in [9.17, 15) is 14.4 Å². The van der Waals surface area contributed by atoms with Crippen molar-refractivity contribution in [2.45, 2.75) is 25.9 Å². The van der Waals surface area contributed by atoms with Gasteiger partial charge in [-0.2, -0.15) is 0 Å². The van der Waals surface area contributed by atoms with Gasteiger partial charge in [-0.25, -0.2) is 0 Å². The molecule has 1 aliphatic heterocycles. The van der Waals surface area contributed by atoms with Crippen LogP contribution < -0.4 is 26.8 Å². The van der Waals surface area contributed by atoms with Crippen LogP contribution in [0.2, 0.25) is 0 Å². The highest BCUT2D eigenvalue weighted by atomic mass is 16.5. The third kappa shape index (κ3) is 3.35. The summed E-state index contributed by atoms with van der Waals surface area (Å²) < 4.78 is 5.25. The minimum Gasteiger partial charge on any atom is -0.394 e. The molecule has 0 radical (unpaired) electrons. The minimum absolute atomic E-state index is 0.0530. The van der Waals surface area contributed by atoms with Crippen LogP contribution in [0, 0.1) is 0 Å². The minimum atomic E-state index is -0.600. The van der Waals surface area contributed by atoms with Crippen LogP contribution in [-0.4, -0.2) is 17.6 Å². The second-order valence-electron chi connectivity index (χ2n) is 7.77. The third-order valence-electron chi connectivity index (χ3n) is 5.79. The number of carbonyl (C=O) groups is 1. The molecule has 31 heavy (non-hydrogen) atoms. The standard InChI is InChI=1S/C23H20N4O4/c24-20-21(23(30)22(20)29)27-8-7-14-6-5-13(9-15(14)12-27)11-25-19(28)10-17-16-3-1-2-4-18(16)31-26-17/h1-6,9H,7-8,10-12,24H2,(H,25,28). The monoisotopic (exact) mass is 416 g/mol. The Morgan fingerprint density at radius 3 is 2.81 bits per heavy atom. The van der Waals surface area contributed by atoms with Gasteiger partial charge in [0.15, 0.2) is 5.58 Å². The van der Waals surface area contributed by atoms with E-state index in [2.05, 4.69) is 10.5 Å². The molecular formula is C23H20N4O4. The van der Waals surface area contributed by atoms with E-state index < -0.39 is 10.9 Å². The highest BCUT2D eigenvalue weighted by molar-refractivity contribution is 5.86. The molecule has 156 valence electrons. The summed E-state index contributed by atoms with van der Waals surface area (Å²) in [5.41, 5.74) is 9.47. The molecule has 0 fully saturated rings. The molecule has 0 saturated carbocycles. The van der Waals surface area contributed by atoms with Crippen LogP contribution >= 0.6 is 0 Å². The highest BCUT2D eigenvalue weighted by Gasteiger charge is 2.26. The lowest BCUT2D eigenvalue weighted by atomic mass is 9.96. The number of nitrogens with two attached hydrogens (primary N) is 1. The lowest BCUT2D eigenvalue weighted by Crippen LogP contribution is -2.44. The molecule has 1 amide bonds. The molecule has 2 heterocycles. The van der Waals surface area contributed by atoms with Crippen molar-refractivity contribution < 1.29 is 9.32 Å². The summed E-state index contributed by atoms with van der Waals surface area (Å²) in [5.74, 6) is -0.144. The largest absolute Gasteiger partial charge is 0.394 e. The van der Waals surface area contributed by atoms with Crippen LogP contribution in [-0.2, 0) is 30.7 Å². The summed E-state index contributed by atoms with van der Waals surface area (Å²) in [7, 11) is 0. The number of fused-ring (bicyclic) bond motifs is 2. The molecule has 0 unspecified atom stereocenters. The van der Waals surface area contributed by atoms with Crippen molar-refractivity contribution in [1.82, 2.24) is 10.5 Å². The Morgan fingerprint density at radius 1 is 1.13 bits per heavy atom. The Morgan fingerprint density at radius 2 is 1.97 bits per heavy atom. The van der Waals surface area contributed by atoms with Gasteiger partial charge in [-0.1, -0.05) is 35.5 Å². The first-order chi connectivity index (χ1) is 15.0. The van der Waals surface area contributed by atoms with Crippen molar-refractivity contribution in [2.75, 3.05) is 17.2 Å². The molecule has 8 heteroatoms. The third-order valence-corrected chi connectivity index (χ3v) is 5.79. The van der Waals surface area contributed by atoms with Crippen LogP contribution in [0.3, 0.4) is 0 Å². The Kier molecular flexibility index (Phi) is 4.54. The van der Waals surface area contributed by atoms with Gasteiger partial charge in [0.05, 0.1) is 6.42 Å². The maximum Gasteiger partial charge on any atom is 0.253 e. The fourth-order valence-corrected chi connectivity index (χ4v) is 4.10. The van der Waals surface area contributed by atoms with Gasteiger partial charge in [0, 0.05) is 25.0 Å². The van der Waals surface area contributed by atoms with Crippen LogP contribution in [0.25, 0.3) is 11.0 Å². The summed E-state index contributed by atoms with van der Waals surface area (Å²) in [5, 5.41) is 7.76. The number of hydrogen-bond donors (Lipinski definition) is 2. The smallest absolute Gasteiger partial charge is 0.253 e. The number of para-hydroxylation sites is 1. The molecular weight excluding hydrogens is 396 g/mol. The van der Waals surface area contributed by atoms with Gasteiger partial charge in [-0.05, 0) is 35.2 Å². The maximum absolute atomic E-state index is 12.4. The fourth-order valence-electron chi connectivity index (χ4n) is 4.10. The van der Waals surface area contributed by atoms with Crippen LogP contribution in [0.5, 0.6) is 0 Å². The van der Waals surface area contributed by atoms with Crippen molar-refractivity contribution in [3.05, 3.63) is 85.3 Å². The van der Waals surface area contributed by atoms with E-state index in [1.165, 1.54) is 5.56 Å². The van der Waals surface area contributed by atoms with Gasteiger partial charge < -0.3 is 20.5 Å². The van der Waals surface area contributed by atoms with Gasteiger partial charge in [0.2, 0.25) is 5.91 Å². The topological polar surface area (TPSA) is 119 Å². The van der Waals surface area contributed by atoms with Gasteiger partial charge in [0.1, 0.15) is 17.1 Å². The molecule has 1 aromatic heterocycles. The van der Waals surface area contributed by atoms with E-state index in [-0.39, 0.29) is 18.0 Å². The zero-order chi connectivity index (χ0) is 21.5. The van der Waals surface area contributed by atoms with Crippen LogP contribution in [0.4, 0.5) is 11.4 Å². The summed E-state index contributed by atoms with van der Waals surface area (Å²) in [4.78, 5) is 37.6. The van der Waals surface area contributed by atoms with Crippen molar-refractivity contribution in [3.8, 4) is 0 Å². The molecule has 8 nitrogen and oxygen atoms in total. The summed E-state index contributed by atoms with van der Waals surface area (Å²) in [6.45, 7) is 1.53. The van der Waals surface area contributed by atoms with E-state index in [1.54, 1.807) is 0 Å². The van der Waals surface area contributed by atoms with E-state index >= 15 is 0 Å². The van der Waals surface area contributed by atoms with Gasteiger partial charge in [-0.3, -0.25) is 14.4 Å². The number of amides is 1. The molecule has 0 spiro atoms. The van der Waals surface area contributed by atoms with Crippen molar-refractivity contribution in [1.29, 1.82) is 0 Å². The highest BCUT2D eigenvalue weighted by Crippen LogP contribution is 2.26. The zero-order valence-electron chi connectivity index (χ0n) is 16.7. The summed E-state index contributed by atoms with van der Waals surface area (Å²) in [6, 6.07) is 13.5. The lowest BCUT2D eigenvalue weighted by molar-refractivity contribution is -0.120. The summed E-state index contributed by atoms with van der Waals surface area (Å²) >= 11 is 0. The quantitative estimate of drug-likeness (QED) is 0.473. The normalized spacial score (nSPS) is 13.5. The number of nitrogen functional groups attached to an aromatic ring is 1. The second kappa shape index (κ2) is 7.39. The Labute approximate surface area is 176 Å². The van der Waals surface area contributed by atoms with Crippen LogP contribution in [0.15, 0.2) is 56.6 Å². The van der Waals surface area contributed by atoms with Crippen molar-refractivity contribution in [3.63, 3.8) is 0 Å². The number of anilines is 2. The fraction of sp³-hybridized carbons (Fsp3) is 0.217. The molecule has 0 saturated heterocycles. The molecule has 0 atom stereocenters. The predicted octanol–water partition coefficient (Wildman–Crippen LogP) is 1.43. The summed E-state index contributed by atoms with van der Waals surface area (Å²) in [6.07, 6.45) is 0.902. The molecule has 1 aliphatic rings. The number of hydrogen-bond acceptors (Lipinski definition) is 7. The molecule has 3 N–H and O–H groups in total. The maximum atomic E-state index is 12.4. The number of aromatic nitrogens is 1. The first-order valence-electron chi connectivity index (χ1n) is 10.1. The van der Waals surface area contributed by atoms with E-state index in [4.69, 9.17) is 10.3 Å². The number of nitrogens with zero attached hydrogens (tertiary/aromatic N) is 2. The number of carbonyl (C=O) groups excluding carboxylic acids is 1. The van der Waals surface area contributed by atoms with Crippen molar-refractivity contribution >= 4 is 28.3 Å². The van der Waals surface area contributed by atoms with Gasteiger partial charge >= 0.3 is 0 Å². The van der Waals surface area contributed by atoms with Crippen molar-refractivity contribution in [2.24, 2.45) is 0 Å². The van der Waals surface area contributed by atoms with E-state index in [0.717, 1.165) is 22.9 Å². The Bertz CT molecular complexity index is 1380. The molecule has 3 aromatic carbocycles. The average Bonchev–Trinajstić information content (AvgIpc) is 3.20. The predicted molar refractivity (Wildman–Crippen MR) is 117 cm³/mol. The zero-order valence-corrected chi connectivity index (χ0v) is 16.7. The SMILES string of the molecule is Nc1c(N2CCc3ccc(CNC(=O)Cc4noc5ccccc45)cc3C2)c(=O)c1=O. The molecule has 4 aromatic rings. The number of nitrogens with one attached hydrogen (secondary N) is 1. The molecule has 0 bridgehead atoms. The second-order valence-corrected chi connectivity index (χ2v) is 7.77. The van der Waals surface area contributed by atoms with Crippen LogP contribution in [0.1, 0.15) is 22.4 Å². The molecule has 5 rings (SSSR count). The molecule has 0 aliphatic carbocycles. The Hall–Kier alpha value is -3.94. The van der Waals surface area contributed by atoms with E-state index in [0.29, 0.717) is 36.6 Å². The lowest BCUT2D eigenvalue weighted by Gasteiger charge is -2.32. The average molecular weight is 416 g/mol.